The third kappa shape index (κ3) is 6.04. The third-order valence-corrected chi connectivity index (χ3v) is 8.92. The lowest BCUT2D eigenvalue weighted by atomic mass is 9.99. The fourth-order valence-corrected chi connectivity index (χ4v) is 9.11. The van der Waals surface area contributed by atoms with Crippen molar-refractivity contribution >= 4 is 16.4 Å². The van der Waals surface area contributed by atoms with E-state index in [2.05, 4.69) is 0 Å². The molecular formula is C14H33O6PSi. The van der Waals surface area contributed by atoms with Crippen LogP contribution in [0.5, 0.6) is 0 Å². The summed E-state index contributed by atoms with van der Waals surface area (Å²) in [6.45, 7) is 10.8. The molecule has 0 spiro atoms. The molecule has 0 aromatic heterocycles. The van der Waals surface area contributed by atoms with E-state index in [4.69, 9.17) is 13.3 Å². The molecule has 2 N–H and O–H groups in total. The van der Waals surface area contributed by atoms with Crippen molar-refractivity contribution in [2.24, 2.45) is 0 Å². The predicted molar refractivity (Wildman–Crippen MR) is 90.1 cm³/mol. The second-order valence-electron chi connectivity index (χ2n) is 5.46. The van der Waals surface area contributed by atoms with Crippen LogP contribution in [-0.4, -0.2) is 44.6 Å². The molecule has 0 saturated carbocycles. The SMILES string of the molecule is CCCC(CCC)(CP(=O)(O)O)[Si](OCC)(OCC)OCC. The molecule has 8 heteroatoms. The highest BCUT2D eigenvalue weighted by molar-refractivity contribution is 7.52. The summed E-state index contributed by atoms with van der Waals surface area (Å²) in [6, 6.07) is 0. The van der Waals surface area contributed by atoms with Crippen LogP contribution in [0.4, 0.5) is 0 Å². The first kappa shape index (κ1) is 22.2. The van der Waals surface area contributed by atoms with Gasteiger partial charge >= 0.3 is 16.4 Å². The smallest absolute Gasteiger partial charge is 0.373 e. The number of hydrogen-bond acceptors (Lipinski definition) is 4. The Hall–Kier alpha value is 0.247. The summed E-state index contributed by atoms with van der Waals surface area (Å²) in [5.74, 6) is 0. The molecule has 0 heterocycles. The average molecular weight is 356 g/mol. The summed E-state index contributed by atoms with van der Waals surface area (Å²) in [4.78, 5) is 19.3. The van der Waals surface area contributed by atoms with E-state index in [0.717, 1.165) is 12.8 Å². The second kappa shape index (κ2) is 10.2. The highest BCUT2D eigenvalue weighted by Crippen LogP contribution is 2.57. The predicted octanol–water partition coefficient (Wildman–Crippen LogP) is 3.55. The molecular weight excluding hydrogens is 323 g/mol. The molecule has 0 unspecified atom stereocenters. The van der Waals surface area contributed by atoms with Gasteiger partial charge in [-0.2, -0.15) is 0 Å². The maximum atomic E-state index is 11.8. The van der Waals surface area contributed by atoms with Crippen molar-refractivity contribution in [2.75, 3.05) is 26.0 Å². The Kier molecular flexibility index (Phi) is 10.3. The fraction of sp³-hybridized carbons (Fsp3) is 1.00. The number of hydrogen-bond donors (Lipinski definition) is 2. The van der Waals surface area contributed by atoms with Crippen LogP contribution in [0.2, 0.25) is 5.04 Å². The molecule has 0 radical (unpaired) electrons. The van der Waals surface area contributed by atoms with Gasteiger partial charge in [-0.25, -0.2) is 0 Å². The third-order valence-electron chi connectivity index (χ3n) is 3.62. The summed E-state index contributed by atoms with van der Waals surface area (Å²) >= 11 is 0. The fourth-order valence-electron chi connectivity index (χ4n) is 3.19. The van der Waals surface area contributed by atoms with E-state index in [1.165, 1.54) is 0 Å². The normalized spacial score (nSPS) is 13.6. The molecule has 6 nitrogen and oxygen atoms in total. The summed E-state index contributed by atoms with van der Waals surface area (Å²) in [5, 5.41) is -0.739. The molecule has 0 saturated heterocycles. The Balaban J connectivity index is 6.00. The lowest BCUT2D eigenvalue weighted by Gasteiger charge is -2.45. The van der Waals surface area contributed by atoms with Crippen molar-refractivity contribution in [2.45, 2.75) is 65.3 Å². The Labute approximate surface area is 136 Å². The van der Waals surface area contributed by atoms with E-state index in [-0.39, 0.29) is 6.16 Å². The molecule has 0 bridgehead atoms. The summed E-state index contributed by atoms with van der Waals surface area (Å²) in [5.41, 5.74) is 0. The lowest BCUT2D eigenvalue weighted by molar-refractivity contribution is 0.0409. The van der Waals surface area contributed by atoms with Crippen molar-refractivity contribution in [1.82, 2.24) is 0 Å². The van der Waals surface area contributed by atoms with E-state index >= 15 is 0 Å². The lowest BCUT2D eigenvalue weighted by Crippen LogP contribution is -2.58. The maximum Gasteiger partial charge on any atom is 0.508 e. The van der Waals surface area contributed by atoms with E-state index in [9.17, 15) is 14.4 Å². The van der Waals surface area contributed by atoms with Gasteiger partial charge in [0.25, 0.3) is 0 Å². The Bertz CT molecular complexity index is 323. The van der Waals surface area contributed by atoms with E-state index < -0.39 is 21.4 Å². The topological polar surface area (TPSA) is 85.2 Å². The zero-order valence-electron chi connectivity index (χ0n) is 14.6. The largest absolute Gasteiger partial charge is 0.508 e. The first-order valence-corrected chi connectivity index (χ1v) is 11.7. The highest BCUT2D eigenvalue weighted by Gasteiger charge is 2.61. The van der Waals surface area contributed by atoms with Gasteiger partial charge in [-0.1, -0.05) is 26.7 Å². The van der Waals surface area contributed by atoms with Crippen LogP contribution in [0.25, 0.3) is 0 Å². The van der Waals surface area contributed by atoms with Gasteiger partial charge in [-0.3, -0.25) is 4.57 Å². The summed E-state index contributed by atoms with van der Waals surface area (Å²) < 4.78 is 29.7. The Morgan fingerprint density at radius 1 is 0.864 bits per heavy atom. The van der Waals surface area contributed by atoms with Gasteiger partial charge < -0.3 is 23.1 Å². The molecule has 0 fully saturated rings. The van der Waals surface area contributed by atoms with Gasteiger partial charge in [0.05, 0.1) is 11.2 Å². The minimum Gasteiger partial charge on any atom is -0.373 e. The Morgan fingerprint density at radius 3 is 1.45 bits per heavy atom. The molecule has 0 atom stereocenters. The van der Waals surface area contributed by atoms with Crippen LogP contribution in [0.3, 0.4) is 0 Å². The minimum atomic E-state index is -4.22. The van der Waals surface area contributed by atoms with Gasteiger partial charge in [-0.15, -0.1) is 0 Å². The maximum absolute atomic E-state index is 11.8. The van der Waals surface area contributed by atoms with Gasteiger partial charge in [0, 0.05) is 19.8 Å². The zero-order chi connectivity index (χ0) is 17.3. The van der Waals surface area contributed by atoms with Crippen molar-refractivity contribution in [1.29, 1.82) is 0 Å². The molecule has 0 aliphatic rings. The van der Waals surface area contributed by atoms with E-state index in [1.807, 2.05) is 34.6 Å². The monoisotopic (exact) mass is 356 g/mol. The van der Waals surface area contributed by atoms with Crippen LogP contribution in [-0.2, 0) is 17.8 Å². The molecule has 134 valence electrons. The summed E-state index contributed by atoms with van der Waals surface area (Å²) in [7, 11) is -7.44. The van der Waals surface area contributed by atoms with Crippen LogP contribution < -0.4 is 0 Å². The molecule has 0 aromatic rings. The zero-order valence-corrected chi connectivity index (χ0v) is 16.5. The molecule has 0 rings (SSSR count). The van der Waals surface area contributed by atoms with Crippen LogP contribution in [0, 0.1) is 0 Å². The molecule has 0 aliphatic carbocycles. The first-order valence-electron chi connectivity index (χ1n) is 8.22. The minimum absolute atomic E-state index is 0.242. The van der Waals surface area contributed by atoms with E-state index in [1.54, 1.807) is 0 Å². The van der Waals surface area contributed by atoms with Crippen molar-refractivity contribution in [3.05, 3.63) is 0 Å². The van der Waals surface area contributed by atoms with Crippen LogP contribution in [0.1, 0.15) is 60.3 Å². The highest BCUT2D eigenvalue weighted by atomic mass is 31.2. The molecule has 0 amide bonds. The second-order valence-corrected chi connectivity index (χ2v) is 10.1. The first-order chi connectivity index (χ1) is 10.3. The number of rotatable bonds is 13. The van der Waals surface area contributed by atoms with Crippen LogP contribution >= 0.6 is 7.60 Å². The van der Waals surface area contributed by atoms with Gasteiger partial charge in [0.2, 0.25) is 0 Å². The van der Waals surface area contributed by atoms with Gasteiger partial charge in [0.15, 0.2) is 0 Å². The van der Waals surface area contributed by atoms with Crippen molar-refractivity contribution < 1.29 is 27.6 Å². The molecule has 0 aliphatic heterocycles. The van der Waals surface area contributed by atoms with Crippen molar-refractivity contribution in [3.8, 4) is 0 Å². The quantitative estimate of drug-likeness (QED) is 0.388. The van der Waals surface area contributed by atoms with Gasteiger partial charge in [-0.05, 0) is 33.6 Å². The molecule has 22 heavy (non-hydrogen) atoms. The Morgan fingerprint density at radius 2 is 1.23 bits per heavy atom. The average Bonchev–Trinajstić information content (AvgIpc) is 2.38. The van der Waals surface area contributed by atoms with Gasteiger partial charge in [0.1, 0.15) is 0 Å². The standard InChI is InChI=1S/C14H33O6PSi/c1-6-11-14(12-7-2,13-21(15,16)17)22(18-8-3,19-9-4)20-10-5/h6-13H2,1-5H3,(H2,15,16,17). The summed E-state index contributed by atoms with van der Waals surface area (Å²) in [6.07, 6.45) is 2.59. The van der Waals surface area contributed by atoms with E-state index in [0.29, 0.717) is 32.7 Å². The van der Waals surface area contributed by atoms with Crippen LogP contribution in [0.15, 0.2) is 0 Å². The molecule has 0 aromatic carbocycles. The van der Waals surface area contributed by atoms with Crippen molar-refractivity contribution in [3.63, 3.8) is 0 Å².